The van der Waals surface area contributed by atoms with Crippen LogP contribution in [0.25, 0.3) is 10.9 Å². The van der Waals surface area contributed by atoms with Gasteiger partial charge < -0.3 is 4.98 Å². The summed E-state index contributed by atoms with van der Waals surface area (Å²) in [6.45, 7) is 3.99. The van der Waals surface area contributed by atoms with Crippen molar-refractivity contribution < 1.29 is 9.59 Å². The molecule has 2 amide bonds. The number of fused-ring (bicyclic) bond motifs is 1. The van der Waals surface area contributed by atoms with E-state index in [0.717, 1.165) is 22.2 Å². The second-order valence-electron chi connectivity index (χ2n) is 5.29. The Morgan fingerprint density at radius 2 is 1.78 bits per heavy atom. The topological polar surface area (TPSA) is 86.9 Å². The maximum Gasteiger partial charge on any atom is 0.271 e. The lowest BCUT2D eigenvalue weighted by Crippen LogP contribution is -2.41. The number of amides is 2. The standard InChI is InChI=1S/C17H16N4O2/c1-10-11(2)19-15-6-5-12(8-14(10)15)16(22)20-21-17(23)13-4-3-7-18-9-13/h3-9,19H,1-2H3,(H,20,22)(H,21,23). The third-order valence-electron chi connectivity index (χ3n) is 3.78. The first-order valence-electron chi connectivity index (χ1n) is 7.16. The van der Waals surface area contributed by atoms with E-state index in [2.05, 4.69) is 20.8 Å². The van der Waals surface area contributed by atoms with Crippen LogP contribution in [0.4, 0.5) is 0 Å². The molecular formula is C17H16N4O2. The Hall–Kier alpha value is -3.15. The van der Waals surface area contributed by atoms with Crippen LogP contribution in [0.2, 0.25) is 0 Å². The first kappa shape index (κ1) is 14.8. The van der Waals surface area contributed by atoms with Gasteiger partial charge in [0.05, 0.1) is 5.56 Å². The van der Waals surface area contributed by atoms with Gasteiger partial charge in [-0.1, -0.05) is 0 Å². The lowest BCUT2D eigenvalue weighted by Gasteiger charge is -2.07. The van der Waals surface area contributed by atoms with Gasteiger partial charge in [-0.15, -0.1) is 0 Å². The molecule has 0 spiro atoms. The number of H-pyrrole nitrogens is 1. The van der Waals surface area contributed by atoms with Crippen molar-refractivity contribution in [3.63, 3.8) is 0 Å². The Balaban J connectivity index is 1.73. The van der Waals surface area contributed by atoms with Crippen molar-refractivity contribution in [1.29, 1.82) is 0 Å². The van der Waals surface area contributed by atoms with Gasteiger partial charge in [-0.2, -0.15) is 0 Å². The molecule has 0 unspecified atom stereocenters. The third kappa shape index (κ3) is 2.91. The van der Waals surface area contributed by atoms with Crippen LogP contribution in [0.15, 0.2) is 42.7 Å². The largest absolute Gasteiger partial charge is 0.358 e. The lowest BCUT2D eigenvalue weighted by atomic mass is 10.1. The summed E-state index contributed by atoms with van der Waals surface area (Å²) in [4.78, 5) is 31.2. The maximum atomic E-state index is 12.2. The molecule has 2 heterocycles. The van der Waals surface area contributed by atoms with Crippen LogP contribution in [0.1, 0.15) is 32.0 Å². The predicted octanol–water partition coefficient (Wildman–Crippen LogP) is 2.25. The monoisotopic (exact) mass is 308 g/mol. The summed E-state index contributed by atoms with van der Waals surface area (Å²) in [5.41, 5.74) is 8.80. The minimum Gasteiger partial charge on any atom is -0.358 e. The van der Waals surface area contributed by atoms with E-state index < -0.39 is 5.91 Å². The van der Waals surface area contributed by atoms with Crippen molar-refractivity contribution in [3.8, 4) is 0 Å². The number of hydrazine groups is 1. The predicted molar refractivity (Wildman–Crippen MR) is 86.9 cm³/mol. The van der Waals surface area contributed by atoms with Crippen LogP contribution >= 0.6 is 0 Å². The van der Waals surface area contributed by atoms with Crippen LogP contribution in [-0.4, -0.2) is 21.8 Å². The van der Waals surface area contributed by atoms with E-state index in [1.54, 1.807) is 30.5 Å². The molecule has 0 atom stereocenters. The highest BCUT2D eigenvalue weighted by atomic mass is 16.2. The molecule has 6 nitrogen and oxygen atoms in total. The second-order valence-corrected chi connectivity index (χ2v) is 5.29. The molecule has 3 rings (SSSR count). The van der Waals surface area contributed by atoms with Crippen LogP contribution in [-0.2, 0) is 0 Å². The number of benzene rings is 1. The lowest BCUT2D eigenvalue weighted by molar-refractivity contribution is 0.0846. The highest BCUT2D eigenvalue weighted by Crippen LogP contribution is 2.22. The normalized spacial score (nSPS) is 10.5. The average Bonchev–Trinajstić information content (AvgIpc) is 2.87. The van der Waals surface area contributed by atoms with E-state index in [-0.39, 0.29) is 5.91 Å². The van der Waals surface area contributed by atoms with Crippen molar-refractivity contribution in [2.45, 2.75) is 13.8 Å². The van der Waals surface area contributed by atoms with Crippen LogP contribution < -0.4 is 10.9 Å². The number of hydrogen-bond donors (Lipinski definition) is 3. The maximum absolute atomic E-state index is 12.2. The van der Waals surface area contributed by atoms with Gasteiger partial charge in [-0.25, -0.2) is 0 Å². The molecule has 3 aromatic rings. The van der Waals surface area contributed by atoms with Gasteiger partial charge in [0.1, 0.15) is 0 Å². The zero-order chi connectivity index (χ0) is 16.4. The van der Waals surface area contributed by atoms with Gasteiger partial charge in [0, 0.05) is 34.6 Å². The second kappa shape index (κ2) is 5.92. The molecule has 1 aromatic carbocycles. The molecule has 6 heteroatoms. The number of nitrogens with one attached hydrogen (secondary N) is 3. The number of aromatic nitrogens is 2. The van der Waals surface area contributed by atoms with Crippen molar-refractivity contribution in [2.75, 3.05) is 0 Å². The third-order valence-corrected chi connectivity index (χ3v) is 3.78. The molecule has 0 radical (unpaired) electrons. The average molecular weight is 308 g/mol. The number of pyridine rings is 1. The smallest absolute Gasteiger partial charge is 0.271 e. The van der Waals surface area contributed by atoms with Crippen molar-refractivity contribution >= 4 is 22.7 Å². The number of aromatic amines is 1. The molecular weight excluding hydrogens is 292 g/mol. The van der Waals surface area contributed by atoms with Crippen molar-refractivity contribution in [1.82, 2.24) is 20.8 Å². The van der Waals surface area contributed by atoms with E-state index >= 15 is 0 Å². The Labute approximate surface area is 132 Å². The first-order valence-corrected chi connectivity index (χ1v) is 7.16. The summed E-state index contributed by atoms with van der Waals surface area (Å²) in [5, 5.41) is 0.994. The number of hydrogen-bond acceptors (Lipinski definition) is 3. The highest BCUT2D eigenvalue weighted by Gasteiger charge is 2.11. The summed E-state index contributed by atoms with van der Waals surface area (Å²) >= 11 is 0. The van der Waals surface area contributed by atoms with Gasteiger partial charge in [-0.3, -0.25) is 25.4 Å². The quantitative estimate of drug-likeness (QED) is 0.635. The number of carbonyl (C=O) groups excluding carboxylic acids is 2. The molecule has 0 saturated heterocycles. The molecule has 0 saturated carbocycles. The van der Waals surface area contributed by atoms with E-state index in [0.29, 0.717) is 11.1 Å². The van der Waals surface area contributed by atoms with Crippen LogP contribution in [0.5, 0.6) is 0 Å². The molecule has 0 aliphatic rings. The number of aryl methyl sites for hydroxylation is 2. The summed E-state index contributed by atoms with van der Waals surface area (Å²) in [6, 6.07) is 8.64. The fourth-order valence-corrected chi connectivity index (χ4v) is 2.36. The molecule has 0 fully saturated rings. The number of nitrogens with zero attached hydrogens (tertiary/aromatic N) is 1. The van der Waals surface area contributed by atoms with Gasteiger partial charge in [-0.05, 0) is 49.7 Å². The highest BCUT2D eigenvalue weighted by molar-refractivity contribution is 6.01. The minimum absolute atomic E-state index is 0.373. The van der Waals surface area contributed by atoms with Crippen molar-refractivity contribution in [3.05, 3.63) is 65.1 Å². The zero-order valence-corrected chi connectivity index (χ0v) is 12.8. The van der Waals surface area contributed by atoms with Crippen LogP contribution in [0, 0.1) is 13.8 Å². The Morgan fingerprint density at radius 1 is 1.04 bits per heavy atom. The van der Waals surface area contributed by atoms with Gasteiger partial charge in [0.15, 0.2) is 0 Å². The Bertz CT molecular complexity index is 884. The van der Waals surface area contributed by atoms with Gasteiger partial charge >= 0.3 is 0 Å². The Morgan fingerprint density at radius 3 is 2.48 bits per heavy atom. The fraction of sp³-hybridized carbons (Fsp3) is 0.118. The molecule has 3 N–H and O–H groups in total. The van der Waals surface area contributed by atoms with Crippen molar-refractivity contribution in [2.24, 2.45) is 0 Å². The van der Waals surface area contributed by atoms with Crippen LogP contribution in [0.3, 0.4) is 0 Å². The van der Waals surface area contributed by atoms with E-state index in [1.165, 1.54) is 6.20 Å². The summed E-state index contributed by atoms with van der Waals surface area (Å²) < 4.78 is 0. The first-order chi connectivity index (χ1) is 11.1. The van der Waals surface area contributed by atoms with E-state index in [4.69, 9.17) is 0 Å². The van der Waals surface area contributed by atoms with Gasteiger partial charge in [0.2, 0.25) is 0 Å². The minimum atomic E-state index is -0.416. The molecule has 116 valence electrons. The summed E-state index contributed by atoms with van der Waals surface area (Å²) in [7, 11) is 0. The zero-order valence-electron chi connectivity index (χ0n) is 12.8. The summed E-state index contributed by atoms with van der Waals surface area (Å²) in [6.07, 6.45) is 3.01. The molecule has 23 heavy (non-hydrogen) atoms. The fourth-order valence-electron chi connectivity index (χ4n) is 2.36. The molecule has 0 bridgehead atoms. The van der Waals surface area contributed by atoms with E-state index in [9.17, 15) is 9.59 Å². The SMILES string of the molecule is Cc1[nH]c2ccc(C(=O)NNC(=O)c3cccnc3)cc2c1C. The Kier molecular flexibility index (Phi) is 3.80. The molecule has 2 aromatic heterocycles. The summed E-state index contributed by atoms with van der Waals surface area (Å²) in [5.74, 6) is -0.788. The van der Waals surface area contributed by atoms with Gasteiger partial charge in [0.25, 0.3) is 11.8 Å². The molecule has 0 aliphatic heterocycles. The molecule has 0 aliphatic carbocycles. The number of carbonyl (C=O) groups is 2. The van der Waals surface area contributed by atoms with E-state index in [1.807, 2.05) is 19.9 Å². The number of rotatable bonds is 2.